The lowest BCUT2D eigenvalue weighted by atomic mass is 10.2. The van der Waals surface area contributed by atoms with E-state index in [2.05, 4.69) is 31.5 Å². The second kappa shape index (κ2) is 6.98. The van der Waals surface area contributed by atoms with Crippen molar-refractivity contribution in [2.24, 2.45) is 0 Å². The smallest absolute Gasteiger partial charge is 0.255 e. The van der Waals surface area contributed by atoms with Gasteiger partial charge in [-0.1, -0.05) is 0 Å². The molecular weight excluding hydrogens is 334 g/mol. The minimum absolute atomic E-state index is 0.0480. The summed E-state index contributed by atoms with van der Waals surface area (Å²) in [6.07, 6.45) is 4.41. The van der Waals surface area contributed by atoms with Crippen molar-refractivity contribution in [3.8, 4) is 12.3 Å². The Labute approximate surface area is 142 Å². The highest BCUT2D eigenvalue weighted by molar-refractivity contribution is 5.83. The van der Waals surface area contributed by atoms with Crippen LogP contribution in [0.2, 0.25) is 0 Å². The van der Waals surface area contributed by atoms with E-state index in [9.17, 15) is 13.6 Å². The van der Waals surface area contributed by atoms with Crippen molar-refractivity contribution in [1.29, 1.82) is 0 Å². The number of nitrogens with zero attached hydrogens (tertiary/aromatic N) is 4. The molecule has 2 unspecified atom stereocenters. The standard InChI is InChI=1S/C15H16F2N6O2/c1-3-10-21-13(19-6-9(16)17)12-14(22-10)23(7-20-12)11-5-4-8(25-11)15(24)18-2/h1,7-9,11H,4-6H2,2H3,(H,18,24)(H,19,21,22). The number of rotatable bonds is 5. The Morgan fingerprint density at radius 3 is 3.00 bits per heavy atom. The van der Waals surface area contributed by atoms with Crippen molar-refractivity contribution < 1.29 is 18.3 Å². The first kappa shape index (κ1) is 17.0. The Balaban J connectivity index is 1.94. The van der Waals surface area contributed by atoms with E-state index in [1.54, 1.807) is 11.6 Å². The maximum atomic E-state index is 12.5. The number of aromatic nitrogens is 4. The fourth-order valence-corrected chi connectivity index (χ4v) is 2.67. The Morgan fingerprint density at radius 2 is 2.32 bits per heavy atom. The molecule has 1 amide bonds. The number of halogens is 2. The Bertz CT molecular complexity index is 831. The van der Waals surface area contributed by atoms with Crippen molar-refractivity contribution in [3.63, 3.8) is 0 Å². The van der Waals surface area contributed by atoms with Crippen molar-refractivity contribution in [3.05, 3.63) is 12.2 Å². The van der Waals surface area contributed by atoms with Crippen LogP contribution in [0.3, 0.4) is 0 Å². The molecule has 0 spiro atoms. The van der Waals surface area contributed by atoms with Gasteiger partial charge in [-0.25, -0.2) is 23.7 Å². The molecule has 25 heavy (non-hydrogen) atoms. The van der Waals surface area contributed by atoms with Crippen molar-refractivity contribution in [2.45, 2.75) is 31.6 Å². The molecular formula is C15H16F2N6O2. The Kier molecular flexibility index (Phi) is 4.76. The first-order valence-corrected chi connectivity index (χ1v) is 7.63. The average molecular weight is 350 g/mol. The number of hydrogen-bond acceptors (Lipinski definition) is 6. The molecule has 0 aliphatic carbocycles. The van der Waals surface area contributed by atoms with Gasteiger partial charge in [0.05, 0.1) is 12.9 Å². The summed E-state index contributed by atoms with van der Waals surface area (Å²) >= 11 is 0. The number of hydrogen-bond donors (Lipinski definition) is 2. The fourth-order valence-electron chi connectivity index (χ4n) is 2.67. The van der Waals surface area contributed by atoms with Crippen molar-refractivity contribution in [2.75, 3.05) is 18.9 Å². The molecule has 1 aliphatic heterocycles. The van der Waals surface area contributed by atoms with Gasteiger partial charge in [0.25, 0.3) is 6.43 Å². The molecule has 3 rings (SSSR count). The molecule has 0 radical (unpaired) electrons. The van der Waals surface area contributed by atoms with Gasteiger partial charge in [-0.2, -0.15) is 0 Å². The molecule has 2 aromatic heterocycles. The summed E-state index contributed by atoms with van der Waals surface area (Å²) in [5.74, 6) is 2.28. The molecule has 0 saturated carbocycles. The molecule has 8 nitrogen and oxygen atoms in total. The molecule has 1 fully saturated rings. The van der Waals surface area contributed by atoms with E-state index in [1.807, 2.05) is 0 Å². The second-order valence-corrected chi connectivity index (χ2v) is 5.41. The monoisotopic (exact) mass is 350 g/mol. The van der Waals surface area contributed by atoms with Gasteiger partial charge in [-0.05, 0) is 18.8 Å². The van der Waals surface area contributed by atoms with E-state index in [0.717, 1.165) is 0 Å². The summed E-state index contributed by atoms with van der Waals surface area (Å²) in [5, 5.41) is 5.07. The summed E-state index contributed by atoms with van der Waals surface area (Å²) < 4.78 is 32.3. The molecule has 0 bridgehead atoms. The van der Waals surface area contributed by atoms with Crippen LogP contribution < -0.4 is 10.6 Å². The van der Waals surface area contributed by atoms with Gasteiger partial charge in [0.1, 0.15) is 12.3 Å². The molecule has 2 N–H and O–H groups in total. The maximum Gasteiger partial charge on any atom is 0.255 e. The zero-order chi connectivity index (χ0) is 18.0. The minimum Gasteiger partial charge on any atom is -0.362 e. The van der Waals surface area contributed by atoms with Gasteiger partial charge >= 0.3 is 0 Å². The van der Waals surface area contributed by atoms with Gasteiger partial charge in [0.15, 0.2) is 17.0 Å². The summed E-state index contributed by atoms with van der Waals surface area (Å²) in [6, 6.07) is 0. The highest BCUT2D eigenvalue weighted by Gasteiger charge is 2.32. The number of nitrogens with one attached hydrogen (secondary N) is 2. The summed E-state index contributed by atoms with van der Waals surface area (Å²) in [5.41, 5.74) is 0.675. The van der Waals surface area contributed by atoms with Crippen LogP contribution in [-0.2, 0) is 9.53 Å². The SMILES string of the molecule is C#Cc1nc(NCC(F)F)c2ncn(C3CCC(C(=O)NC)O3)c2n1. The van der Waals surface area contributed by atoms with Crippen LogP contribution in [0.4, 0.5) is 14.6 Å². The van der Waals surface area contributed by atoms with E-state index in [1.165, 1.54) is 6.33 Å². The van der Waals surface area contributed by atoms with E-state index < -0.39 is 25.3 Å². The van der Waals surface area contributed by atoms with E-state index in [0.29, 0.717) is 24.0 Å². The molecule has 10 heteroatoms. The number of amides is 1. The molecule has 132 valence electrons. The van der Waals surface area contributed by atoms with Gasteiger partial charge in [0, 0.05) is 7.05 Å². The van der Waals surface area contributed by atoms with Crippen LogP contribution in [0.25, 0.3) is 11.2 Å². The average Bonchev–Trinajstić information content (AvgIpc) is 3.25. The van der Waals surface area contributed by atoms with Crippen LogP contribution in [0.1, 0.15) is 24.9 Å². The van der Waals surface area contributed by atoms with Crippen LogP contribution in [0.5, 0.6) is 0 Å². The van der Waals surface area contributed by atoms with Gasteiger partial charge in [0.2, 0.25) is 11.7 Å². The topological polar surface area (TPSA) is 94.0 Å². The van der Waals surface area contributed by atoms with Crippen LogP contribution in [0.15, 0.2) is 6.33 Å². The van der Waals surface area contributed by atoms with Crippen molar-refractivity contribution >= 4 is 22.9 Å². The molecule has 1 aliphatic rings. The lowest BCUT2D eigenvalue weighted by Crippen LogP contribution is -2.31. The summed E-state index contributed by atoms with van der Waals surface area (Å²) in [6.45, 7) is -0.582. The Hall–Kier alpha value is -2.80. The number of imidazole rings is 1. The van der Waals surface area contributed by atoms with Gasteiger partial charge in [-0.15, -0.1) is 6.42 Å². The minimum atomic E-state index is -2.55. The largest absolute Gasteiger partial charge is 0.362 e. The summed E-state index contributed by atoms with van der Waals surface area (Å²) in [4.78, 5) is 24.1. The first-order chi connectivity index (χ1) is 12.0. The number of anilines is 1. The Morgan fingerprint density at radius 1 is 1.52 bits per heavy atom. The predicted molar refractivity (Wildman–Crippen MR) is 85.0 cm³/mol. The zero-order valence-corrected chi connectivity index (χ0v) is 13.4. The predicted octanol–water partition coefficient (Wildman–Crippen LogP) is 0.908. The number of fused-ring (bicyclic) bond motifs is 1. The maximum absolute atomic E-state index is 12.5. The molecule has 2 aromatic rings. The van der Waals surface area contributed by atoms with Crippen LogP contribution in [-0.4, -0.2) is 51.5 Å². The molecule has 2 atom stereocenters. The second-order valence-electron chi connectivity index (χ2n) is 5.41. The van der Waals surface area contributed by atoms with E-state index >= 15 is 0 Å². The van der Waals surface area contributed by atoms with Gasteiger partial charge < -0.3 is 15.4 Å². The van der Waals surface area contributed by atoms with Crippen LogP contribution in [0, 0.1) is 12.3 Å². The number of alkyl halides is 2. The lowest BCUT2D eigenvalue weighted by Gasteiger charge is -2.14. The quantitative estimate of drug-likeness (QED) is 0.779. The normalized spacial score (nSPS) is 20.0. The fraction of sp³-hybridized carbons (Fsp3) is 0.467. The number of carbonyl (C=O) groups is 1. The third kappa shape index (κ3) is 3.36. The molecule has 0 aromatic carbocycles. The number of ether oxygens (including phenoxy) is 1. The lowest BCUT2D eigenvalue weighted by molar-refractivity contribution is -0.133. The number of likely N-dealkylation sites (N-methyl/N-ethyl adjacent to an activating group) is 1. The third-order valence-electron chi connectivity index (χ3n) is 3.82. The zero-order valence-electron chi connectivity index (χ0n) is 13.4. The highest BCUT2D eigenvalue weighted by atomic mass is 19.3. The molecule has 3 heterocycles. The van der Waals surface area contributed by atoms with Gasteiger partial charge in [-0.3, -0.25) is 9.36 Å². The van der Waals surface area contributed by atoms with E-state index in [4.69, 9.17) is 11.2 Å². The number of terminal acetylenes is 1. The number of carbonyl (C=O) groups excluding carboxylic acids is 1. The highest BCUT2D eigenvalue weighted by Crippen LogP contribution is 2.31. The molecule has 1 saturated heterocycles. The summed E-state index contributed by atoms with van der Waals surface area (Å²) in [7, 11) is 1.54. The first-order valence-electron chi connectivity index (χ1n) is 7.63. The van der Waals surface area contributed by atoms with E-state index in [-0.39, 0.29) is 17.5 Å². The van der Waals surface area contributed by atoms with Crippen molar-refractivity contribution in [1.82, 2.24) is 24.8 Å². The van der Waals surface area contributed by atoms with Crippen LogP contribution >= 0.6 is 0 Å². The third-order valence-corrected chi connectivity index (χ3v) is 3.82.